The molecule has 4 heteroatoms. The lowest BCUT2D eigenvalue weighted by Gasteiger charge is -1.92. The topological polar surface area (TPSA) is 66.0 Å². The summed E-state index contributed by atoms with van der Waals surface area (Å²) in [5, 5.41) is 15.1. The monoisotopic (exact) mass is 152 g/mol. The van der Waals surface area contributed by atoms with Crippen molar-refractivity contribution in [3.8, 4) is 0 Å². The van der Waals surface area contributed by atoms with Gasteiger partial charge in [0.05, 0.1) is 11.9 Å². The summed E-state index contributed by atoms with van der Waals surface area (Å²) >= 11 is 0. The molecule has 0 atom stereocenters. The maximum absolute atomic E-state index is 10.6. The molecule has 11 heavy (non-hydrogen) atoms. The Labute approximate surface area is 63.2 Å². The van der Waals surface area contributed by atoms with E-state index in [2.05, 4.69) is 10.2 Å². The number of carboxylic acids is 1. The molecule has 0 spiro atoms. The Morgan fingerprint density at radius 2 is 2.45 bits per heavy atom. The number of nitrogens with zero attached hydrogens (tertiary/aromatic N) is 1. The number of aromatic amines is 1. The second-order valence-electron chi connectivity index (χ2n) is 2.78. The molecule has 0 aliphatic heterocycles. The van der Waals surface area contributed by atoms with Crippen molar-refractivity contribution in [2.24, 2.45) is 0 Å². The van der Waals surface area contributed by atoms with Crippen LogP contribution in [0.25, 0.3) is 0 Å². The van der Waals surface area contributed by atoms with E-state index in [1.54, 1.807) is 0 Å². The summed E-state index contributed by atoms with van der Waals surface area (Å²) in [7, 11) is 0. The lowest BCUT2D eigenvalue weighted by molar-refractivity contribution is 0.0695. The molecule has 58 valence electrons. The third-order valence-electron chi connectivity index (χ3n) is 1.88. The van der Waals surface area contributed by atoms with Gasteiger partial charge in [0.25, 0.3) is 0 Å². The Morgan fingerprint density at radius 3 is 3.00 bits per heavy atom. The van der Waals surface area contributed by atoms with Crippen molar-refractivity contribution in [1.29, 1.82) is 0 Å². The first-order valence-electron chi connectivity index (χ1n) is 3.55. The van der Waals surface area contributed by atoms with Gasteiger partial charge in [0, 0.05) is 5.92 Å². The van der Waals surface area contributed by atoms with Crippen LogP contribution < -0.4 is 0 Å². The number of hydrogen-bond donors (Lipinski definition) is 2. The quantitative estimate of drug-likeness (QED) is 0.664. The predicted molar refractivity (Wildman–Crippen MR) is 37.5 cm³/mol. The van der Waals surface area contributed by atoms with Crippen LogP contribution in [-0.4, -0.2) is 21.3 Å². The highest BCUT2D eigenvalue weighted by Crippen LogP contribution is 2.40. The molecule has 1 aromatic rings. The van der Waals surface area contributed by atoms with Crippen LogP contribution in [0.15, 0.2) is 6.20 Å². The normalized spacial score (nSPS) is 16.7. The van der Waals surface area contributed by atoms with Gasteiger partial charge in [-0.1, -0.05) is 0 Å². The number of carbonyl (C=O) groups is 1. The standard InChI is InChI=1S/C7H8N2O2/c10-7(11)5-3-8-9-6(5)4-1-2-4/h3-4H,1-2H2,(H,8,9)(H,10,11). The summed E-state index contributed by atoms with van der Waals surface area (Å²) in [5.74, 6) is -0.468. The number of aromatic nitrogens is 2. The lowest BCUT2D eigenvalue weighted by Crippen LogP contribution is -1.98. The lowest BCUT2D eigenvalue weighted by atomic mass is 10.2. The molecule has 2 N–H and O–H groups in total. The summed E-state index contributed by atoms with van der Waals surface area (Å²) in [6.07, 6.45) is 3.54. The van der Waals surface area contributed by atoms with Crippen LogP contribution in [0.1, 0.15) is 34.8 Å². The van der Waals surface area contributed by atoms with Crippen LogP contribution in [0.5, 0.6) is 0 Å². The summed E-state index contributed by atoms with van der Waals surface area (Å²) in [5.41, 5.74) is 1.12. The van der Waals surface area contributed by atoms with Gasteiger partial charge in [-0.3, -0.25) is 5.10 Å². The van der Waals surface area contributed by atoms with Crippen LogP contribution in [0.3, 0.4) is 0 Å². The van der Waals surface area contributed by atoms with E-state index in [1.807, 2.05) is 0 Å². The molecule has 0 saturated heterocycles. The van der Waals surface area contributed by atoms with E-state index in [-0.39, 0.29) is 0 Å². The van der Waals surface area contributed by atoms with E-state index in [0.29, 0.717) is 11.5 Å². The van der Waals surface area contributed by atoms with Crippen molar-refractivity contribution < 1.29 is 9.90 Å². The fraction of sp³-hybridized carbons (Fsp3) is 0.429. The molecule has 0 unspecified atom stereocenters. The van der Waals surface area contributed by atoms with Crippen LogP contribution in [-0.2, 0) is 0 Å². The number of hydrogen-bond acceptors (Lipinski definition) is 2. The maximum Gasteiger partial charge on any atom is 0.339 e. The molecular weight excluding hydrogens is 144 g/mol. The Bertz CT molecular complexity index is 288. The summed E-state index contributed by atoms with van der Waals surface area (Å²) in [6.45, 7) is 0. The van der Waals surface area contributed by atoms with Crippen LogP contribution in [0.2, 0.25) is 0 Å². The molecule has 1 heterocycles. The Kier molecular flexibility index (Phi) is 1.21. The number of carboxylic acid groups (broad SMARTS) is 1. The van der Waals surface area contributed by atoms with Crippen molar-refractivity contribution in [2.45, 2.75) is 18.8 Å². The van der Waals surface area contributed by atoms with Gasteiger partial charge in [-0.25, -0.2) is 4.79 Å². The molecule has 2 rings (SSSR count). The molecule has 0 aromatic carbocycles. The minimum atomic E-state index is -0.888. The Hall–Kier alpha value is -1.32. The third-order valence-corrected chi connectivity index (χ3v) is 1.88. The van der Waals surface area contributed by atoms with E-state index in [9.17, 15) is 4.79 Å². The molecule has 0 amide bonds. The third kappa shape index (κ3) is 1.00. The van der Waals surface area contributed by atoms with Crippen molar-refractivity contribution in [3.63, 3.8) is 0 Å². The van der Waals surface area contributed by atoms with E-state index < -0.39 is 5.97 Å². The minimum absolute atomic E-state index is 0.326. The highest BCUT2D eigenvalue weighted by Gasteiger charge is 2.29. The zero-order valence-corrected chi connectivity index (χ0v) is 5.87. The second kappa shape index (κ2) is 2.08. The smallest absolute Gasteiger partial charge is 0.339 e. The number of rotatable bonds is 2. The van der Waals surface area contributed by atoms with Gasteiger partial charge in [-0.2, -0.15) is 5.10 Å². The highest BCUT2D eigenvalue weighted by atomic mass is 16.4. The van der Waals surface area contributed by atoms with E-state index in [0.717, 1.165) is 18.5 Å². The van der Waals surface area contributed by atoms with Crippen molar-refractivity contribution in [3.05, 3.63) is 17.5 Å². The van der Waals surface area contributed by atoms with Gasteiger partial charge in [-0.15, -0.1) is 0 Å². The first-order valence-corrected chi connectivity index (χ1v) is 3.55. The van der Waals surface area contributed by atoms with E-state index >= 15 is 0 Å². The largest absolute Gasteiger partial charge is 0.478 e. The molecule has 1 aliphatic carbocycles. The summed E-state index contributed by atoms with van der Waals surface area (Å²) in [4.78, 5) is 10.6. The molecule has 0 bridgehead atoms. The first kappa shape index (κ1) is 6.39. The van der Waals surface area contributed by atoms with Crippen molar-refractivity contribution >= 4 is 5.97 Å². The minimum Gasteiger partial charge on any atom is -0.478 e. The van der Waals surface area contributed by atoms with Crippen LogP contribution in [0.4, 0.5) is 0 Å². The summed E-state index contributed by atoms with van der Waals surface area (Å²) < 4.78 is 0. The van der Waals surface area contributed by atoms with E-state index in [1.165, 1.54) is 6.20 Å². The molecule has 1 fully saturated rings. The van der Waals surface area contributed by atoms with Crippen LogP contribution in [0, 0.1) is 0 Å². The van der Waals surface area contributed by atoms with Gasteiger partial charge in [0.1, 0.15) is 5.56 Å². The molecule has 0 radical (unpaired) electrons. The Morgan fingerprint density at radius 1 is 1.73 bits per heavy atom. The Balaban J connectivity index is 2.37. The van der Waals surface area contributed by atoms with Gasteiger partial charge in [0.15, 0.2) is 0 Å². The molecule has 4 nitrogen and oxygen atoms in total. The zero-order chi connectivity index (χ0) is 7.84. The van der Waals surface area contributed by atoms with Gasteiger partial charge in [-0.05, 0) is 12.8 Å². The maximum atomic E-state index is 10.6. The SMILES string of the molecule is O=C(O)c1cn[nH]c1C1CC1. The molecule has 1 aromatic heterocycles. The fourth-order valence-corrected chi connectivity index (χ4v) is 1.15. The van der Waals surface area contributed by atoms with Gasteiger partial charge >= 0.3 is 5.97 Å². The fourth-order valence-electron chi connectivity index (χ4n) is 1.15. The van der Waals surface area contributed by atoms with E-state index in [4.69, 9.17) is 5.11 Å². The average Bonchev–Trinajstić information content (AvgIpc) is 2.68. The van der Waals surface area contributed by atoms with Gasteiger partial charge < -0.3 is 5.11 Å². The summed E-state index contributed by atoms with van der Waals surface area (Å²) in [6, 6.07) is 0. The molecule has 1 saturated carbocycles. The van der Waals surface area contributed by atoms with Crippen LogP contribution >= 0.6 is 0 Å². The van der Waals surface area contributed by atoms with Gasteiger partial charge in [0.2, 0.25) is 0 Å². The molecule has 1 aliphatic rings. The van der Waals surface area contributed by atoms with Crippen molar-refractivity contribution in [2.75, 3.05) is 0 Å². The first-order chi connectivity index (χ1) is 5.29. The second-order valence-corrected chi connectivity index (χ2v) is 2.78. The highest BCUT2D eigenvalue weighted by molar-refractivity contribution is 5.88. The molecular formula is C7H8N2O2. The number of H-pyrrole nitrogens is 1. The predicted octanol–water partition coefficient (Wildman–Crippen LogP) is 0.985. The number of nitrogens with one attached hydrogen (secondary N) is 1. The average molecular weight is 152 g/mol. The van der Waals surface area contributed by atoms with Crippen molar-refractivity contribution in [1.82, 2.24) is 10.2 Å². The zero-order valence-electron chi connectivity index (χ0n) is 5.87. The number of aromatic carboxylic acids is 1.